The van der Waals surface area contributed by atoms with Gasteiger partial charge >= 0.3 is 12.1 Å². The van der Waals surface area contributed by atoms with Crippen molar-refractivity contribution in [2.24, 2.45) is 0 Å². The average Bonchev–Trinajstić information content (AvgIpc) is 3.40. The molecule has 2 aromatic carbocycles. The van der Waals surface area contributed by atoms with E-state index >= 15 is 0 Å². The highest BCUT2D eigenvalue weighted by Gasteiger charge is 2.58. The summed E-state index contributed by atoms with van der Waals surface area (Å²) in [7, 11) is 1.52. The number of rotatable bonds is 6. The number of nitrogens with zero attached hydrogens (tertiary/aromatic N) is 2. The zero-order valence-corrected chi connectivity index (χ0v) is 20.7. The molecule has 0 bridgehead atoms. The van der Waals surface area contributed by atoms with Crippen molar-refractivity contribution in [3.8, 4) is 0 Å². The fourth-order valence-electron chi connectivity index (χ4n) is 5.35. The fourth-order valence-corrected chi connectivity index (χ4v) is 5.35. The third-order valence-electron chi connectivity index (χ3n) is 7.29. The van der Waals surface area contributed by atoms with Crippen molar-refractivity contribution in [3.63, 3.8) is 0 Å². The molecule has 0 radical (unpaired) electrons. The van der Waals surface area contributed by atoms with Gasteiger partial charge < -0.3 is 25.0 Å². The van der Waals surface area contributed by atoms with Crippen molar-refractivity contribution in [3.05, 3.63) is 65.2 Å². The Morgan fingerprint density at radius 1 is 1.11 bits per heavy atom. The van der Waals surface area contributed by atoms with Crippen molar-refractivity contribution < 1.29 is 28.7 Å². The second-order valence-electron chi connectivity index (χ2n) is 9.51. The first-order valence-corrected chi connectivity index (χ1v) is 12.5. The summed E-state index contributed by atoms with van der Waals surface area (Å²) in [6, 6.07) is 14.4. The Kier molecular flexibility index (Phi) is 6.84. The number of hydrogen-bond donors (Lipinski definition) is 2. The average molecular weight is 507 g/mol. The van der Waals surface area contributed by atoms with Crippen molar-refractivity contribution in [1.29, 1.82) is 0 Å². The van der Waals surface area contributed by atoms with Crippen molar-refractivity contribution in [1.82, 2.24) is 15.1 Å². The molecule has 0 saturated carbocycles. The van der Waals surface area contributed by atoms with Crippen LogP contribution in [0, 0.1) is 0 Å². The first-order valence-electron chi connectivity index (χ1n) is 12.5. The molecule has 194 valence electrons. The number of anilines is 1. The van der Waals surface area contributed by atoms with Gasteiger partial charge in [-0.25, -0.2) is 14.5 Å². The predicted octanol–water partition coefficient (Wildman–Crippen LogP) is 2.77. The van der Waals surface area contributed by atoms with E-state index in [1.807, 2.05) is 30.3 Å². The second-order valence-corrected chi connectivity index (χ2v) is 9.51. The van der Waals surface area contributed by atoms with Gasteiger partial charge in [-0.2, -0.15) is 0 Å². The van der Waals surface area contributed by atoms with Gasteiger partial charge in [0.2, 0.25) is 11.5 Å². The Hall–Kier alpha value is -3.92. The lowest BCUT2D eigenvalue weighted by atomic mass is 9.94. The summed E-state index contributed by atoms with van der Waals surface area (Å²) < 4.78 is 11.2. The summed E-state index contributed by atoms with van der Waals surface area (Å²) >= 11 is 0. The van der Waals surface area contributed by atoms with E-state index < -0.39 is 17.6 Å². The molecule has 2 heterocycles. The summed E-state index contributed by atoms with van der Waals surface area (Å²) in [5, 5.41) is 5.20. The molecule has 10 heteroatoms. The van der Waals surface area contributed by atoms with Crippen LogP contribution in [-0.2, 0) is 37.6 Å². The van der Waals surface area contributed by atoms with Crippen LogP contribution >= 0.6 is 0 Å². The molecule has 5 rings (SSSR count). The lowest BCUT2D eigenvalue weighted by Crippen LogP contribution is -2.49. The minimum atomic E-state index is -1.44. The highest BCUT2D eigenvalue weighted by atomic mass is 16.6. The van der Waals surface area contributed by atoms with Crippen LogP contribution in [0.3, 0.4) is 0 Å². The van der Waals surface area contributed by atoms with Gasteiger partial charge in [0.05, 0.1) is 0 Å². The number of benzene rings is 2. The Labute approximate surface area is 214 Å². The molecular formula is C27H30N4O6. The number of urea groups is 1. The van der Waals surface area contributed by atoms with E-state index in [9.17, 15) is 19.2 Å². The smallest absolute Gasteiger partial charge is 0.418 e. The van der Waals surface area contributed by atoms with Crippen LogP contribution < -0.4 is 10.6 Å². The van der Waals surface area contributed by atoms with Gasteiger partial charge in [0.25, 0.3) is 5.91 Å². The van der Waals surface area contributed by atoms with Gasteiger partial charge in [0.1, 0.15) is 6.54 Å². The molecule has 0 aromatic heterocycles. The first-order chi connectivity index (χ1) is 17.9. The van der Waals surface area contributed by atoms with Crippen molar-refractivity contribution in [2.45, 2.75) is 43.9 Å². The molecule has 10 nitrogen and oxygen atoms in total. The number of imide groups is 1. The van der Waals surface area contributed by atoms with E-state index in [1.165, 1.54) is 7.05 Å². The van der Waals surface area contributed by atoms with Gasteiger partial charge in [-0.1, -0.05) is 36.4 Å². The molecule has 1 spiro atoms. The quantitative estimate of drug-likeness (QED) is 0.622. The molecule has 1 atom stereocenters. The highest BCUT2D eigenvalue weighted by molar-refractivity contribution is 6.06. The molecule has 3 aliphatic rings. The Morgan fingerprint density at radius 3 is 2.59 bits per heavy atom. The molecule has 2 saturated heterocycles. The monoisotopic (exact) mass is 506 g/mol. The lowest BCUT2D eigenvalue weighted by Gasteiger charge is -2.35. The molecule has 37 heavy (non-hydrogen) atoms. The Balaban J connectivity index is 1.35. The number of carbonyl (C=O) groups excluding carboxylic acids is 4. The number of nitrogens with one attached hydrogen (secondary N) is 2. The van der Waals surface area contributed by atoms with E-state index in [-0.39, 0.29) is 30.9 Å². The summed E-state index contributed by atoms with van der Waals surface area (Å²) in [5.41, 5.74) is 1.51. The Morgan fingerprint density at radius 2 is 1.86 bits per heavy atom. The minimum Gasteiger partial charge on any atom is -0.427 e. The van der Waals surface area contributed by atoms with Crippen LogP contribution in [0.4, 0.5) is 15.3 Å². The molecule has 1 unspecified atom stereocenters. The molecule has 1 aliphatic carbocycles. The van der Waals surface area contributed by atoms with Crippen molar-refractivity contribution >= 4 is 29.6 Å². The third kappa shape index (κ3) is 4.76. The SMILES string of the molecule is CNC(=O)Nc1ccc2c(c1)CCC21OC(=O)N(CC(=O)N(Cc2ccccc2)C2CCOCC2)C1=O. The maximum Gasteiger partial charge on any atom is 0.418 e. The van der Waals surface area contributed by atoms with Crippen LogP contribution in [0.2, 0.25) is 0 Å². The summed E-state index contributed by atoms with van der Waals surface area (Å²) in [6.45, 7) is 1.13. The number of aryl methyl sites for hydroxylation is 1. The second kappa shape index (κ2) is 10.2. The Bertz CT molecular complexity index is 1210. The fraction of sp³-hybridized carbons (Fsp3) is 0.407. The highest BCUT2D eigenvalue weighted by Crippen LogP contribution is 2.46. The maximum atomic E-state index is 13.6. The lowest BCUT2D eigenvalue weighted by molar-refractivity contribution is -0.144. The summed E-state index contributed by atoms with van der Waals surface area (Å²) in [5.74, 6) is -0.829. The van der Waals surface area contributed by atoms with Gasteiger partial charge in [-0.05, 0) is 42.5 Å². The molecular weight excluding hydrogens is 476 g/mol. The normalized spacial score (nSPS) is 21.1. The van der Waals surface area contributed by atoms with Crippen molar-refractivity contribution in [2.75, 3.05) is 32.1 Å². The molecule has 5 amide bonds. The van der Waals surface area contributed by atoms with Crippen LogP contribution in [0.25, 0.3) is 0 Å². The molecule has 2 fully saturated rings. The third-order valence-corrected chi connectivity index (χ3v) is 7.29. The van der Waals surface area contributed by atoms with Crippen LogP contribution in [-0.4, -0.2) is 66.6 Å². The molecule has 2 aromatic rings. The molecule has 2 N–H and O–H groups in total. The van der Waals surface area contributed by atoms with E-state index in [2.05, 4.69) is 10.6 Å². The first kappa shape index (κ1) is 24.8. The van der Waals surface area contributed by atoms with E-state index in [0.717, 1.165) is 16.0 Å². The van der Waals surface area contributed by atoms with Gasteiger partial charge in [-0.3, -0.25) is 9.59 Å². The van der Waals surface area contributed by atoms with Crippen LogP contribution in [0.15, 0.2) is 48.5 Å². The standard InChI is InChI=1S/C27H30N4O6/c1-28-25(34)29-20-7-8-22-19(15-20)9-12-27(22)24(33)31(26(35)37-27)17-23(32)30(21-10-13-36-14-11-21)16-18-5-3-2-4-6-18/h2-8,15,21H,9-14,16-17H2,1H3,(H2,28,29,34). The number of amides is 5. The zero-order chi connectivity index (χ0) is 26.0. The number of fused-ring (bicyclic) bond motifs is 2. The molecule has 2 aliphatic heterocycles. The number of carbonyl (C=O) groups is 4. The van der Waals surface area contributed by atoms with Gasteiger partial charge in [-0.15, -0.1) is 0 Å². The van der Waals surface area contributed by atoms with E-state index in [1.54, 1.807) is 23.1 Å². The van der Waals surface area contributed by atoms with Gasteiger partial charge in [0.15, 0.2) is 0 Å². The maximum absolute atomic E-state index is 13.6. The van der Waals surface area contributed by atoms with E-state index in [0.29, 0.717) is 50.3 Å². The van der Waals surface area contributed by atoms with Gasteiger partial charge in [0, 0.05) is 50.5 Å². The zero-order valence-electron chi connectivity index (χ0n) is 20.7. The minimum absolute atomic E-state index is 0.0393. The topological polar surface area (TPSA) is 117 Å². The summed E-state index contributed by atoms with van der Waals surface area (Å²) in [6.07, 6.45) is 1.36. The van der Waals surface area contributed by atoms with Crippen LogP contribution in [0.5, 0.6) is 0 Å². The van der Waals surface area contributed by atoms with E-state index in [4.69, 9.17) is 9.47 Å². The number of ether oxygens (including phenoxy) is 2. The number of hydrogen-bond acceptors (Lipinski definition) is 6. The summed E-state index contributed by atoms with van der Waals surface area (Å²) in [4.78, 5) is 54.4. The predicted molar refractivity (Wildman–Crippen MR) is 134 cm³/mol. The van der Waals surface area contributed by atoms with Crippen LogP contribution in [0.1, 0.15) is 36.0 Å². The largest absolute Gasteiger partial charge is 0.427 e.